The van der Waals surface area contributed by atoms with Gasteiger partial charge in [-0.25, -0.2) is 0 Å². The molecule has 0 aromatic heterocycles. The molecular formula is C52H36B3N. The summed E-state index contributed by atoms with van der Waals surface area (Å²) >= 11 is 0. The minimum absolute atomic E-state index is 0.132. The van der Waals surface area contributed by atoms with E-state index in [9.17, 15) is 0 Å². The van der Waals surface area contributed by atoms with Crippen molar-refractivity contribution >= 4 is 86.4 Å². The van der Waals surface area contributed by atoms with Crippen molar-refractivity contribution in [3.8, 4) is 0 Å². The number of fused-ring (bicyclic) bond motifs is 11. The number of para-hydroxylation sites is 2. The highest BCUT2D eigenvalue weighted by Gasteiger charge is 2.45. The fourth-order valence-corrected chi connectivity index (χ4v) is 11.7. The van der Waals surface area contributed by atoms with E-state index in [1.165, 1.54) is 99.8 Å². The Morgan fingerprint density at radius 2 is 0.875 bits per heavy atom. The second-order valence-corrected chi connectivity index (χ2v) is 16.6. The van der Waals surface area contributed by atoms with E-state index in [-0.39, 0.29) is 20.1 Å². The smallest absolute Gasteiger partial charge is 0.247 e. The Kier molecular flexibility index (Phi) is 6.44. The van der Waals surface area contributed by atoms with Gasteiger partial charge >= 0.3 is 0 Å². The molecule has 5 aliphatic heterocycles. The fourth-order valence-electron chi connectivity index (χ4n) is 11.7. The van der Waals surface area contributed by atoms with Crippen molar-refractivity contribution < 1.29 is 0 Å². The van der Waals surface area contributed by atoms with Crippen molar-refractivity contribution in [1.29, 1.82) is 0 Å². The van der Waals surface area contributed by atoms with Crippen molar-refractivity contribution in [1.82, 2.24) is 0 Å². The minimum atomic E-state index is 0.132. The zero-order valence-electron chi connectivity index (χ0n) is 31.2. The number of nitrogens with zero attached hydrogens (tertiary/aromatic N) is 1. The largest absolute Gasteiger partial charge is 0.312 e. The van der Waals surface area contributed by atoms with Crippen molar-refractivity contribution in [2.75, 3.05) is 4.90 Å². The standard InChI is InChI=1S/C52H36B3N/c1-3-18-40(19-4-1)53-45-24-11-12-25-48(45)56(41-20-5-2-6-21-41)49-31-39-29-38-28-37-27-36-17-13-16-35-26-33-14-7-9-22-43(33)54(50(35)36)46(37)32-47(38)55-44-23-10-8-15-34(44)30-42(51(39)55)52(49)53/h1-25,28,31-32H,26-27,29-30H2. The molecule has 4 heteroatoms. The maximum absolute atomic E-state index is 2.69. The molecule has 56 heavy (non-hydrogen) atoms. The molecule has 0 radical (unpaired) electrons. The Labute approximate surface area is 329 Å². The van der Waals surface area contributed by atoms with Gasteiger partial charge in [0, 0.05) is 17.1 Å². The van der Waals surface area contributed by atoms with Gasteiger partial charge in [0.05, 0.1) is 0 Å². The lowest BCUT2D eigenvalue weighted by atomic mass is 9.26. The zero-order chi connectivity index (χ0) is 36.5. The van der Waals surface area contributed by atoms with E-state index < -0.39 is 0 Å². The molecule has 5 heterocycles. The van der Waals surface area contributed by atoms with Gasteiger partial charge in [0.15, 0.2) is 0 Å². The molecule has 0 saturated heterocycles. The van der Waals surface area contributed by atoms with Crippen LogP contribution in [0.5, 0.6) is 0 Å². The molecular weight excluding hydrogens is 671 g/mol. The lowest BCUT2D eigenvalue weighted by Crippen LogP contribution is -2.67. The molecule has 13 rings (SSSR count). The SMILES string of the molecule is c1ccc(B2c3ccccc3N(c3ccccc3)c3cc4c5c(c32)Cc2ccccc2B5c2cc3c(cc2C4)Cc2cccc4c2B3c2ccccc2C4)cc1. The Bertz CT molecular complexity index is 2950. The summed E-state index contributed by atoms with van der Waals surface area (Å²) in [5.74, 6) is 0. The third kappa shape index (κ3) is 4.25. The van der Waals surface area contributed by atoms with Gasteiger partial charge < -0.3 is 4.90 Å². The number of benzene rings is 8. The Morgan fingerprint density at radius 1 is 0.321 bits per heavy atom. The number of hydrogen-bond donors (Lipinski definition) is 0. The van der Waals surface area contributed by atoms with Crippen LogP contribution < -0.4 is 54.1 Å². The van der Waals surface area contributed by atoms with E-state index in [0.29, 0.717) is 0 Å². The number of rotatable bonds is 2. The highest BCUT2D eigenvalue weighted by molar-refractivity contribution is 7.02. The van der Waals surface area contributed by atoms with Crippen LogP contribution in [0.15, 0.2) is 170 Å². The Balaban J connectivity index is 1.09. The first-order valence-electron chi connectivity index (χ1n) is 20.4. The predicted molar refractivity (Wildman–Crippen MR) is 239 cm³/mol. The molecule has 0 spiro atoms. The lowest BCUT2D eigenvalue weighted by molar-refractivity contribution is 1.12. The lowest BCUT2D eigenvalue weighted by Gasteiger charge is -2.43. The van der Waals surface area contributed by atoms with Crippen LogP contribution in [0.3, 0.4) is 0 Å². The van der Waals surface area contributed by atoms with Gasteiger partial charge in [-0.1, -0.05) is 189 Å². The van der Waals surface area contributed by atoms with Crippen LogP contribution in [0.1, 0.15) is 44.5 Å². The van der Waals surface area contributed by atoms with Crippen molar-refractivity contribution in [2.24, 2.45) is 0 Å². The summed E-state index contributed by atoms with van der Waals surface area (Å²) in [6.07, 6.45) is 3.93. The first-order chi connectivity index (χ1) is 27.8. The maximum atomic E-state index is 2.69. The van der Waals surface area contributed by atoms with E-state index in [1.807, 2.05) is 0 Å². The molecule has 0 saturated carbocycles. The first-order valence-corrected chi connectivity index (χ1v) is 20.4. The molecule has 0 bridgehead atoms. The molecule has 0 N–H and O–H groups in total. The molecule has 0 aliphatic carbocycles. The molecule has 5 aliphatic rings. The van der Waals surface area contributed by atoms with E-state index in [4.69, 9.17) is 0 Å². The van der Waals surface area contributed by atoms with E-state index in [1.54, 1.807) is 10.9 Å². The van der Waals surface area contributed by atoms with Gasteiger partial charge in [0.1, 0.15) is 0 Å². The molecule has 0 fully saturated rings. The second kappa shape index (κ2) is 11.6. The molecule has 0 amide bonds. The average molecular weight is 707 g/mol. The molecule has 258 valence electrons. The van der Waals surface area contributed by atoms with Gasteiger partial charge in [0.2, 0.25) is 20.1 Å². The monoisotopic (exact) mass is 707 g/mol. The van der Waals surface area contributed by atoms with E-state index in [0.717, 1.165) is 25.7 Å². The van der Waals surface area contributed by atoms with Crippen LogP contribution in [0.2, 0.25) is 0 Å². The second-order valence-electron chi connectivity index (χ2n) is 16.6. The summed E-state index contributed by atoms with van der Waals surface area (Å²) in [6.45, 7) is 0.604. The molecule has 8 aromatic carbocycles. The van der Waals surface area contributed by atoms with Gasteiger partial charge in [0.25, 0.3) is 0 Å². The normalized spacial score (nSPS) is 14.7. The number of anilines is 3. The Hall–Kier alpha value is -6.25. The minimum Gasteiger partial charge on any atom is -0.312 e. The van der Waals surface area contributed by atoms with Crippen molar-refractivity contribution in [2.45, 2.75) is 25.7 Å². The van der Waals surface area contributed by atoms with E-state index in [2.05, 4.69) is 175 Å². The van der Waals surface area contributed by atoms with Gasteiger partial charge in [-0.05, 0) is 99.8 Å². The van der Waals surface area contributed by atoms with Gasteiger partial charge in [-0.3, -0.25) is 0 Å². The summed E-state index contributed by atoms with van der Waals surface area (Å²) < 4.78 is 0. The van der Waals surface area contributed by atoms with Crippen LogP contribution in [-0.2, 0) is 25.7 Å². The quantitative estimate of drug-likeness (QED) is 0.237. The summed E-state index contributed by atoms with van der Waals surface area (Å²) in [6, 6.07) is 65.1. The fraction of sp³-hybridized carbons (Fsp3) is 0.0769. The Morgan fingerprint density at radius 3 is 1.61 bits per heavy atom. The summed E-state index contributed by atoms with van der Waals surface area (Å²) in [7, 11) is 0. The molecule has 1 nitrogen and oxygen atoms in total. The summed E-state index contributed by atoms with van der Waals surface area (Å²) in [5, 5.41) is 0. The van der Waals surface area contributed by atoms with Gasteiger partial charge in [-0.15, -0.1) is 0 Å². The highest BCUT2D eigenvalue weighted by Crippen LogP contribution is 2.39. The van der Waals surface area contributed by atoms with Crippen LogP contribution in [-0.4, -0.2) is 20.1 Å². The molecule has 8 aromatic rings. The topological polar surface area (TPSA) is 3.24 Å². The van der Waals surface area contributed by atoms with Gasteiger partial charge in [-0.2, -0.15) is 0 Å². The summed E-state index contributed by atoms with van der Waals surface area (Å²) in [4.78, 5) is 2.56. The zero-order valence-corrected chi connectivity index (χ0v) is 31.2. The molecule has 0 atom stereocenters. The number of hydrogen-bond acceptors (Lipinski definition) is 1. The third-order valence-electron chi connectivity index (χ3n) is 13.9. The highest BCUT2D eigenvalue weighted by atomic mass is 15.1. The predicted octanol–water partition coefficient (Wildman–Crippen LogP) is 4.64. The molecule has 0 unspecified atom stereocenters. The van der Waals surface area contributed by atoms with Crippen molar-refractivity contribution in [3.63, 3.8) is 0 Å². The maximum Gasteiger partial charge on any atom is 0.247 e. The first kappa shape index (κ1) is 31.0. The van der Waals surface area contributed by atoms with Crippen molar-refractivity contribution in [3.05, 3.63) is 214 Å². The third-order valence-corrected chi connectivity index (χ3v) is 13.9. The van der Waals surface area contributed by atoms with Crippen LogP contribution >= 0.6 is 0 Å². The average Bonchev–Trinajstić information content (AvgIpc) is 3.25. The van der Waals surface area contributed by atoms with Crippen LogP contribution in [0.4, 0.5) is 17.1 Å². The summed E-state index contributed by atoms with van der Waals surface area (Å²) in [5.41, 5.74) is 29.1. The van der Waals surface area contributed by atoms with Crippen LogP contribution in [0, 0.1) is 0 Å². The van der Waals surface area contributed by atoms with Crippen LogP contribution in [0.25, 0.3) is 0 Å². The van der Waals surface area contributed by atoms with E-state index >= 15 is 0 Å².